The first-order chi connectivity index (χ1) is 10.8. The first kappa shape index (κ1) is 17.5. The molecule has 0 radical (unpaired) electrons. The Morgan fingerprint density at radius 3 is 2.70 bits per heavy atom. The van der Waals surface area contributed by atoms with Gasteiger partial charge in [-0.05, 0) is 19.8 Å². The van der Waals surface area contributed by atoms with Gasteiger partial charge in [0.15, 0.2) is 11.4 Å². The summed E-state index contributed by atoms with van der Waals surface area (Å²) in [4.78, 5) is 24.5. The molecule has 1 unspecified atom stereocenters. The van der Waals surface area contributed by atoms with E-state index in [1.807, 2.05) is 0 Å². The number of nitrogens with zero attached hydrogens (tertiary/aromatic N) is 1. The summed E-state index contributed by atoms with van der Waals surface area (Å²) in [6, 6.07) is 0.906. The molecule has 0 bridgehead atoms. The van der Waals surface area contributed by atoms with Gasteiger partial charge in [0.1, 0.15) is 0 Å². The Kier molecular flexibility index (Phi) is 5.10. The first-order valence-corrected chi connectivity index (χ1v) is 8.81. The van der Waals surface area contributed by atoms with Gasteiger partial charge in [0.25, 0.3) is 16.0 Å². The van der Waals surface area contributed by atoms with Crippen molar-refractivity contribution < 1.29 is 22.1 Å². The van der Waals surface area contributed by atoms with E-state index in [-0.39, 0.29) is 17.2 Å². The number of rotatable bonds is 6. The molecule has 2 rings (SSSR count). The summed E-state index contributed by atoms with van der Waals surface area (Å²) < 4.78 is 34.7. The maximum absolute atomic E-state index is 12.4. The van der Waals surface area contributed by atoms with Gasteiger partial charge < -0.3 is 14.6 Å². The van der Waals surface area contributed by atoms with Crippen molar-refractivity contribution in [1.82, 2.24) is 9.88 Å². The third-order valence-electron chi connectivity index (χ3n) is 3.79. The van der Waals surface area contributed by atoms with Crippen molar-refractivity contribution >= 4 is 16.0 Å². The second-order valence-corrected chi connectivity index (χ2v) is 6.98. The number of pyridine rings is 1. The average molecular weight is 344 g/mol. The van der Waals surface area contributed by atoms with Gasteiger partial charge in [0, 0.05) is 18.3 Å². The summed E-state index contributed by atoms with van der Waals surface area (Å²) in [6.45, 7) is 2.13. The molecular weight excluding hydrogens is 324 g/mol. The van der Waals surface area contributed by atoms with Crippen LogP contribution in [0.5, 0.6) is 5.75 Å². The van der Waals surface area contributed by atoms with Gasteiger partial charge in [-0.15, -0.1) is 0 Å². The number of nitrogens with one attached hydrogen (secondary N) is 1. The fourth-order valence-corrected chi connectivity index (χ4v) is 3.75. The smallest absolute Gasteiger partial charge is 0.271 e. The predicted molar refractivity (Wildman–Crippen MR) is 83.4 cm³/mol. The molecule has 1 amide bonds. The zero-order valence-corrected chi connectivity index (χ0v) is 14.1. The number of hydrogen-bond donors (Lipinski definition) is 1. The fraction of sp³-hybridized carbons (Fsp3) is 0.571. The lowest BCUT2D eigenvalue weighted by Crippen LogP contribution is -2.32. The van der Waals surface area contributed by atoms with Gasteiger partial charge in [0.05, 0.1) is 26.0 Å². The van der Waals surface area contributed by atoms with Gasteiger partial charge in [-0.3, -0.25) is 13.8 Å². The molecule has 0 fully saturated rings. The Hall–Kier alpha value is -1.87. The van der Waals surface area contributed by atoms with Crippen LogP contribution in [-0.4, -0.2) is 45.4 Å². The molecule has 0 saturated carbocycles. The Balaban J connectivity index is 2.61. The molecule has 23 heavy (non-hydrogen) atoms. The van der Waals surface area contributed by atoms with E-state index in [4.69, 9.17) is 4.74 Å². The standard InChI is InChI=1S/C14H20N2O6S/c1-4-15-14(18)12-13(21-2)11(17)7-9-5-6-10(16(9)12)8-23(19,20)22-3/h7,10H,4-6,8H2,1-3H3,(H,15,18). The lowest BCUT2D eigenvalue weighted by Gasteiger charge is -2.21. The highest BCUT2D eigenvalue weighted by molar-refractivity contribution is 7.86. The van der Waals surface area contributed by atoms with Crippen LogP contribution >= 0.6 is 0 Å². The number of hydrogen-bond acceptors (Lipinski definition) is 6. The van der Waals surface area contributed by atoms with Gasteiger partial charge in [-0.25, -0.2) is 0 Å². The number of carbonyl (C=O) groups excluding carboxylic acids is 1. The van der Waals surface area contributed by atoms with Crippen LogP contribution in [0.25, 0.3) is 0 Å². The minimum Gasteiger partial charge on any atom is -0.491 e. The summed E-state index contributed by atoms with van der Waals surface area (Å²) in [7, 11) is -1.29. The Labute approximate surface area is 134 Å². The number of fused-ring (bicyclic) bond motifs is 1. The molecule has 128 valence electrons. The zero-order chi connectivity index (χ0) is 17.2. The minimum absolute atomic E-state index is 0.0608. The SMILES string of the molecule is CCNC(=O)c1c(OC)c(=O)cc2n1C(CS(=O)(=O)OC)CC2. The van der Waals surface area contributed by atoms with Crippen molar-refractivity contribution in [3.63, 3.8) is 0 Å². The molecule has 0 saturated heterocycles. The molecule has 1 aliphatic heterocycles. The van der Waals surface area contributed by atoms with E-state index in [2.05, 4.69) is 9.50 Å². The third kappa shape index (κ3) is 3.40. The van der Waals surface area contributed by atoms with Crippen LogP contribution in [0.4, 0.5) is 0 Å². The van der Waals surface area contributed by atoms with Crippen molar-refractivity contribution in [2.24, 2.45) is 0 Å². The summed E-state index contributed by atoms with van der Waals surface area (Å²) >= 11 is 0. The number of amides is 1. The van der Waals surface area contributed by atoms with Crippen LogP contribution in [0.2, 0.25) is 0 Å². The van der Waals surface area contributed by atoms with E-state index < -0.39 is 27.5 Å². The van der Waals surface area contributed by atoms with Crippen molar-refractivity contribution in [2.45, 2.75) is 25.8 Å². The second-order valence-electron chi connectivity index (χ2n) is 5.19. The molecule has 1 N–H and O–H groups in total. The monoisotopic (exact) mass is 344 g/mol. The lowest BCUT2D eigenvalue weighted by molar-refractivity contribution is 0.0940. The van der Waals surface area contributed by atoms with Crippen molar-refractivity contribution in [2.75, 3.05) is 26.5 Å². The Morgan fingerprint density at radius 1 is 1.43 bits per heavy atom. The van der Waals surface area contributed by atoms with E-state index in [1.165, 1.54) is 13.2 Å². The highest BCUT2D eigenvalue weighted by Gasteiger charge is 2.33. The molecule has 0 aliphatic carbocycles. The topological polar surface area (TPSA) is 104 Å². The predicted octanol–water partition coefficient (Wildman–Crippen LogP) is 0.0701. The molecule has 1 atom stereocenters. The Morgan fingerprint density at radius 2 is 2.13 bits per heavy atom. The zero-order valence-electron chi connectivity index (χ0n) is 13.3. The van der Waals surface area contributed by atoms with E-state index in [1.54, 1.807) is 11.5 Å². The molecule has 8 nitrogen and oxygen atoms in total. The first-order valence-electron chi connectivity index (χ1n) is 7.23. The molecular formula is C14H20N2O6S. The van der Waals surface area contributed by atoms with Gasteiger partial charge >= 0.3 is 0 Å². The average Bonchev–Trinajstić information content (AvgIpc) is 2.87. The van der Waals surface area contributed by atoms with Gasteiger partial charge in [-0.2, -0.15) is 8.42 Å². The highest BCUT2D eigenvalue weighted by atomic mass is 32.2. The molecule has 1 aromatic heterocycles. The number of aromatic nitrogens is 1. The van der Waals surface area contributed by atoms with E-state index >= 15 is 0 Å². The number of aryl methyl sites for hydroxylation is 1. The van der Waals surface area contributed by atoms with Crippen molar-refractivity contribution in [3.8, 4) is 5.75 Å². The highest BCUT2D eigenvalue weighted by Crippen LogP contribution is 2.31. The largest absolute Gasteiger partial charge is 0.491 e. The minimum atomic E-state index is -3.70. The third-order valence-corrected chi connectivity index (χ3v) is 5.09. The number of methoxy groups -OCH3 is 1. The normalized spacial score (nSPS) is 16.9. The van der Waals surface area contributed by atoms with Crippen molar-refractivity contribution in [3.05, 3.63) is 27.7 Å². The van der Waals surface area contributed by atoms with Gasteiger partial charge in [0.2, 0.25) is 5.43 Å². The van der Waals surface area contributed by atoms with Crippen molar-refractivity contribution in [1.29, 1.82) is 0 Å². The van der Waals surface area contributed by atoms with Gasteiger partial charge in [-0.1, -0.05) is 0 Å². The second kappa shape index (κ2) is 6.71. The maximum Gasteiger partial charge on any atom is 0.271 e. The lowest BCUT2D eigenvalue weighted by atomic mass is 10.2. The Bertz CT molecular complexity index is 768. The molecule has 1 aromatic rings. The van der Waals surface area contributed by atoms with Crippen LogP contribution in [0.1, 0.15) is 35.6 Å². The van der Waals surface area contributed by atoms with E-state index in [0.29, 0.717) is 25.1 Å². The summed E-state index contributed by atoms with van der Waals surface area (Å²) in [5, 5.41) is 2.63. The molecule has 9 heteroatoms. The fourth-order valence-electron chi connectivity index (χ4n) is 2.83. The number of ether oxygens (including phenoxy) is 1. The van der Waals surface area contributed by atoms with Crippen LogP contribution in [-0.2, 0) is 20.7 Å². The molecule has 2 heterocycles. The van der Waals surface area contributed by atoms with Crippen LogP contribution in [0, 0.1) is 0 Å². The molecule has 0 aromatic carbocycles. The van der Waals surface area contributed by atoms with E-state index in [0.717, 1.165) is 7.11 Å². The number of carbonyl (C=O) groups is 1. The summed E-state index contributed by atoms with van der Waals surface area (Å²) in [5.74, 6) is -0.819. The molecule has 1 aliphatic rings. The van der Waals surface area contributed by atoms with Crippen LogP contribution in [0.15, 0.2) is 10.9 Å². The quantitative estimate of drug-likeness (QED) is 0.733. The van der Waals surface area contributed by atoms with Crippen LogP contribution < -0.4 is 15.5 Å². The summed E-state index contributed by atoms with van der Waals surface area (Å²) in [5.41, 5.74) is 0.286. The van der Waals surface area contributed by atoms with E-state index in [9.17, 15) is 18.0 Å². The maximum atomic E-state index is 12.4. The van der Waals surface area contributed by atoms with Crippen LogP contribution in [0.3, 0.4) is 0 Å². The summed E-state index contributed by atoms with van der Waals surface area (Å²) in [6.07, 6.45) is 1.01. The molecule has 0 spiro atoms.